The molecule has 0 aliphatic rings. The molecule has 2 N–H and O–H groups in total. The summed E-state index contributed by atoms with van der Waals surface area (Å²) in [6.45, 7) is 8.08. The van der Waals surface area contributed by atoms with E-state index in [9.17, 15) is 9.59 Å². The number of aliphatic carboxylic acids is 2. The fourth-order valence-corrected chi connectivity index (χ4v) is 2.18. The van der Waals surface area contributed by atoms with Gasteiger partial charge in [0, 0.05) is 0 Å². The Labute approximate surface area is 183 Å². The van der Waals surface area contributed by atoms with E-state index < -0.39 is 11.9 Å². The van der Waals surface area contributed by atoms with Gasteiger partial charge in [-0.2, -0.15) is 0 Å². The largest absolute Gasteiger partial charge is 1.00 e. The molecule has 0 atom stereocenters. The van der Waals surface area contributed by atoms with Crippen LogP contribution in [0.25, 0.3) is 0 Å². The first-order valence-corrected chi connectivity index (χ1v) is 7.89. The van der Waals surface area contributed by atoms with Gasteiger partial charge in [0.1, 0.15) is 0 Å². The van der Waals surface area contributed by atoms with Crippen LogP contribution in [0.1, 0.15) is 81.9 Å². The summed E-state index contributed by atoms with van der Waals surface area (Å²) in [6, 6.07) is 0. The zero-order chi connectivity index (χ0) is 16.0. The standard InChI is InChI=1S/2C8H16O2.2Na.H/c2*1-3-5-7(6-4-2)8(9)10;;;/h2*7H,3-6H2,1-2H3,(H,9,10);;;/q;;2*+1;-1/p+1. The van der Waals surface area contributed by atoms with Crippen LogP contribution in [-0.2, 0) is 9.59 Å². The molecule has 4 nitrogen and oxygen atoms in total. The summed E-state index contributed by atoms with van der Waals surface area (Å²) in [7, 11) is 0. The van der Waals surface area contributed by atoms with E-state index in [0.717, 1.165) is 51.4 Å². The third kappa shape index (κ3) is 19.0. The summed E-state index contributed by atoms with van der Waals surface area (Å²) < 4.78 is 0. The fourth-order valence-electron chi connectivity index (χ4n) is 2.18. The van der Waals surface area contributed by atoms with Crippen molar-refractivity contribution in [2.24, 2.45) is 11.8 Å². The molecule has 0 saturated heterocycles. The average Bonchev–Trinajstić information content (AvgIpc) is 2.38. The van der Waals surface area contributed by atoms with Gasteiger partial charge < -0.3 is 11.6 Å². The van der Waals surface area contributed by atoms with Crippen molar-refractivity contribution >= 4 is 11.9 Å². The third-order valence-corrected chi connectivity index (χ3v) is 3.25. The van der Waals surface area contributed by atoms with Crippen molar-refractivity contribution in [1.82, 2.24) is 0 Å². The van der Waals surface area contributed by atoms with Gasteiger partial charge in [-0.1, -0.05) is 53.4 Å². The quantitative estimate of drug-likeness (QED) is 0.492. The third-order valence-electron chi connectivity index (χ3n) is 3.25. The van der Waals surface area contributed by atoms with Gasteiger partial charge in [-0.05, 0) is 25.7 Å². The number of carbonyl (C=O) groups is 2. The maximum atomic E-state index is 10.5. The minimum atomic E-state index is -0.635. The molecule has 0 fully saturated rings. The van der Waals surface area contributed by atoms with Crippen LogP contribution < -0.4 is 59.1 Å². The number of rotatable bonds is 10. The number of carboxylic acids is 2. The average molecular weight is 336 g/mol. The molecule has 122 valence electrons. The molecule has 0 bridgehead atoms. The van der Waals surface area contributed by atoms with Crippen LogP contribution in [0.5, 0.6) is 0 Å². The van der Waals surface area contributed by atoms with E-state index in [2.05, 4.69) is 0 Å². The molecule has 0 aromatic heterocycles. The monoisotopic (exact) mass is 336 g/mol. The minimum Gasteiger partial charge on any atom is -1.00 e. The molecule has 6 heteroatoms. The Hall–Kier alpha value is 0.940. The van der Waals surface area contributed by atoms with Gasteiger partial charge in [0.2, 0.25) is 0 Å². The molecule has 0 unspecified atom stereocenters. The van der Waals surface area contributed by atoms with E-state index >= 15 is 0 Å². The number of hydrogen-bond acceptors (Lipinski definition) is 2. The van der Waals surface area contributed by atoms with E-state index in [1.807, 2.05) is 27.7 Å². The van der Waals surface area contributed by atoms with Crippen molar-refractivity contribution in [3.63, 3.8) is 0 Å². The van der Waals surface area contributed by atoms with Gasteiger partial charge in [-0.25, -0.2) is 0 Å². The normalized spacial score (nSPS) is 9.36. The zero-order valence-corrected chi connectivity index (χ0v) is 19.5. The second-order valence-electron chi connectivity index (χ2n) is 5.23. The van der Waals surface area contributed by atoms with Crippen LogP contribution in [-0.4, -0.2) is 22.2 Å². The van der Waals surface area contributed by atoms with Crippen molar-refractivity contribution in [2.75, 3.05) is 0 Å². The van der Waals surface area contributed by atoms with E-state index in [1.165, 1.54) is 0 Å². The first kappa shape index (κ1) is 30.8. The van der Waals surface area contributed by atoms with E-state index in [0.29, 0.717) is 0 Å². The molecule has 0 aliphatic carbocycles. The summed E-state index contributed by atoms with van der Waals surface area (Å²) in [6.07, 6.45) is 7.17. The van der Waals surface area contributed by atoms with E-state index in [-0.39, 0.29) is 73.8 Å². The molecule has 0 amide bonds. The smallest absolute Gasteiger partial charge is 1.00 e. The topological polar surface area (TPSA) is 74.6 Å². The molecule has 0 aliphatic heterocycles. The molecule has 22 heavy (non-hydrogen) atoms. The first-order valence-electron chi connectivity index (χ1n) is 7.89. The SMILES string of the molecule is CCCC(CCC)C(=O)O.CCCC(CCC)C(=O)O.[H+].[H-].[Na+].[Na+]. The van der Waals surface area contributed by atoms with Crippen LogP contribution in [0, 0.1) is 11.8 Å². The van der Waals surface area contributed by atoms with Crippen molar-refractivity contribution < 1.29 is 81.8 Å². The van der Waals surface area contributed by atoms with Gasteiger partial charge in [-0.15, -0.1) is 0 Å². The Morgan fingerprint density at radius 3 is 1.00 bits per heavy atom. The predicted octanol–water partition coefficient (Wildman–Crippen LogP) is -1.19. The summed E-state index contributed by atoms with van der Waals surface area (Å²) in [5.41, 5.74) is 0. The van der Waals surface area contributed by atoms with Gasteiger partial charge >= 0.3 is 72.5 Å². The Morgan fingerprint density at radius 1 is 0.727 bits per heavy atom. The zero-order valence-electron chi connectivity index (χ0n) is 17.5. The van der Waals surface area contributed by atoms with Crippen LogP contribution in [0.2, 0.25) is 0 Å². The van der Waals surface area contributed by atoms with Crippen molar-refractivity contribution in [1.29, 1.82) is 0 Å². The Bertz CT molecular complexity index is 232. The summed E-state index contributed by atoms with van der Waals surface area (Å²) in [5.74, 6) is -1.47. The van der Waals surface area contributed by atoms with E-state index in [1.54, 1.807) is 0 Å². The number of hydrogen-bond donors (Lipinski definition) is 2. The maximum Gasteiger partial charge on any atom is 1.00 e. The summed E-state index contributed by atoms with van der Waals surface area (Å²) in [4.78, 5) is 21.0. The van der Waals surface area contributed by atoms with Gasteiger partial charge in [0.25, 0.3) is 0 Å². The Balaban J connectivity index is -0.0000000579. The molecule has 0 aromatic rings. The maximum absolute atomic E-state index is 10.5. The molecule has 0 radical (unpaired) electrons. The molecule has 0 rings (SSSR count). The van der Waals surface area contributed by atoms with E-state index in [4.69, 9.17) is 10.2 Å². The molecule has 0 heterocycles. The second kappa shape index (κ2) is 21.9. The van der Waals surface area contributed by atoms with Gasteiger partial charge in [0.15, 0.2) is 0 Å². The molecule has 0 saturated carbocycles. The molecular weight excluding hydrogens is 302 g/mol. The first-order chi connectivity index (χ1) is 9.44. The number of carboxylic acid groups (broad SMARTS) is 2. The van der Waals surface area contributed by atoms with Crippen molar-refractivity contribution in [3.05, 3.63) is 0 Å². The summed E-state index contributed by atoms with van der Waals surface area (Å²) >= 11 is 0. The molecule has 0 spiro atoms. The fraction of sp³-hybridized carbons (Fsp3) is 0.875. The van der Waals surface area contributed by atoms with Crippen molar-refractivity contribution in [2.45, 2.75) is 79.1 Å². The molecular formula is C16H34Na2O4+2. The van der Waals surface area contributed by atoms with Crippen LogP contribution in [0.3, 0.4) is 0 Å². The minimum absolute atomic E-state index is 0. The Morgan fingerprint density at radius 2 is 0.909 bits per heavy atom. The molecule has 0 aromatic carbocycles. The van der Waals surface area contributed by atoms with Crippen molar-refractivity contribution in [3.8, 4) is 0 Å². The Kier molecular flexibility index (Phi) is 30.7. The summed E-state index contributed by atoms with van der Waals surface area (Å²) in [5, 5.41) is 17.3. The predicted molar refractivity (Wildman–Crippen MR) is 84.1 cm³/mol. The second-order valence-corrected chi connectivity index (χ2v) is 5.23. The van der Waals surface area contributed by atoms with Crippen LogP contribution in [0.15, 0.2) is 0 Å². The van der Waals surface area contributed by atoms with Gasteiger partial charge in [-0.3, -0.25) is 9.59 Å². The van der Waals surface area contributed by atoms with Gasteiger partial charge in [0.05, 0.1) is 11.8 Å². The van der Waals surface area contributed by atoms with Crippen LogP contribution >= 0.6 is 0 Å². The van der Waals surface area contributed by atoms with Crippen LogP contribution in [0.4, 0.5) is 0 Å².